The summed E-state index contributed by atoms with van der Waals surface area (Å²) in [7, 11) is 1.41. The van der Waals surface area contributed by atoms with Crippen LogP contribution in [0, 0.1) is 0 Å². The summed E-state index contributed by atoms with van der Waals surface area (Å²) in [5.41, 5.74) is -0.328. The van der Waals surface area contributed by atoms with Gasteiger partial charge in [0.25, 0.3) is 0 Å². The zero-order valence-electron chi connectivity index (χ0n) is 5.82. The van der Waals surface area contributed by atoms with Gasteiger partial charge in [0.05, 0.1) is 0 Å². The van der Waals surface area contributed by atoms with Crippen LogP contribution >= 0.6 is 0 Å². The highest BCUT2D eigenvalue weighted by Crippen LogP contribution is 2.05. The molecule has 0 saturated carbocycles. The standard InChI is InChI=1S/C5H11BO2/c1-5(2,3)8-4(6)7/h6H2,1-3H3. The minimum Gasteiger partial charge on any atom is -0.468 e. The summed E-state index contributed by atoms with van der Waals surface area (Å²) in [4.78, 5) is 10.2. The molecule has 0 atom stereocenters. The average Bonchev–Trinajstić information content (AvgIpc) is 1.21. The van der Waals surface area contributed by atoms with E-state index in [0.29, 0.717) is 0 Å². The van der Waals surface area contributed by atoms with Gasteiger partial charge >= 0.3 is 0 Å². The van der Waals surface area contributed by atoms with E-state index in [1.165, 1.54) is 7.85 Å². The normalized spacial score (nSPS) is 10.9. The van der Waals surface area contributed by atoms with Crippen molar-refractivity contribution in [3.05, 3.63) is 0 Å². The third-order valence-corrected chi connectivity index (χ3v) is 0.450. The molecule has 0 radical (unpaired) electrons. The van der Waals surface area contributed by atoms with Gasteiger partial charge < -0.3 is 4.74 Å². The van der Waals surface area contributed by atoms with Gasteiger partial charge in [-0.25, -0.2) is 0 Å². The molecule has 0 aliphatic rings. The molecule has 0 N–H and O–H groups in total. The molecule has 0 aromatic heterocycles. The van der Waals surface area contributed by atoms with Gasteiger partial charge in [0.1, 0.15) is 5.60 Å². The lowest BCUT2D eigenvalue weighted by Crippen LogP contribution is -2.22. The minimum absolute atomic E-state index is 0.225. The topological polar surface area (TPSA) is 26.3 Å². The van der Waals surface area contributed by atoms with Gasteiger partial charge in [-0.3, -0.25) is 4.79 Å². The van der Waals surface area contributed by atoms with E-state index in [9.17, 15) is 4.79 Å². The highest BCUT2D eigenvalue weighted by Gasteiger charge is 2.11. The lowest BCUT2D eigenvalue weighted by Gasteiger charge is -2.17. The van der Waals surface area contributed by atoms with E-state index in [4.69, 9.17) is 4.74 Å². The van der Waals surface area contributed by atoms with Gasteiger partial charge in [-0.15, -0.1) is 0 Å². The Morgan fingerprint density at radius 2 is 1.88 bits per heavy atom. The lowest BCUT2D eigenvalue weighted by atomic mass is 10.1. The molecular formula is C5H11BO2. The molecule has 0 aliphatic heterocycles. The van der Waals surface area contributed by atoms with Crippen LogP contribution in [0.4, 0.5) is 4.79 Å². The zero-order valence-corrected chi connectivity index (χ0v) is 5.82. The Balaban J connectivity index is 3.55. The van der Waals surface area contributed by atoms with Crippen molar-refractivity contribution in [2.24, 2.45) is 0 Å². The van der Waals surface area contributed by atoms with E-state index < -0.39 is 0 Å². The molecule has 0 saturated heterocycles. The quantitative estimate of drug-likeness (QED) is 0.430. The first kappa shape index (κ1) is 7.53. The van der Waals surface area contributed by atoms with Gasteiger partial charge in [0.15, 0.2) is 0 Å². The number of rotatable bonds is 0. The number of ether oxygens (including phenoxy) is 1. The second-order valence-electron chi connectivity index (χ2n) is 2.71. The summed E-state index contributed by atoms with van der Waals surface area (Å²) < 4.78 is 4.80. The monoisotopic (exact) mass is 114 g/mol. The molecule has 0 spiro atoms. The fourth-order valence-corrected chi connectivity index (χ4v) is 0.431. The van der Waals surface area contributed by atoms with E-state index in [1.807, 2.05) is 20.8 Å². The number of hydrogen-bond donors (Lipinski definition) is 0. The Morgan fingerprint density at radius 1 is 1.50 bits per heavy atom. The maximum absolute atomic E-state index is 10.2. The van der Waals surface area contributed by atoms with Crippen molar-refractivity contribution in [1.82, 2.24) is 0 Å². The summed E-state index contributed by atoms with van der Waals surface area (Å²) in [5.74, 6) is -0.225. The van der Waals surface area contributed by atoms with Crippen molar-refractivity contribution in [2.75, 3.05) is 0 Å². The molecule has 0 bridgehead atoms. The highest BCUT2D eigenvalue weighted by atomic mass is 16.5. The van der Waals surface area contributed by atoms with Crippen LogP contribution in [-0.4, -0.2) is 19.3 Å². The molecule has 46 valence electrons. The lowest BCUT2D eigenvalue weighted by molar-refractivity contribution is 0.0724. The first-order chi connectivity index (χ1) is 3.42. The van der Waals surface area contributed by atoms with E-state index >= 15 is 0 Å². The summed E-state index contributed by atoms with van der Waals surface area (Å²) in [6.45, 7) is 5.52. The molecule has 0 aromatic carbocycles. The third kappa shape index (κ3) is 5.53. The van der Waals surface area contributed by atoms with Crippen LogP contribution < -0.4 is 0 Å². The molecular weight excluding hydrogens is 103 g/mol. The van der Waals surface area contributed by atoms with E-state index in [-0.39, 0.29) is 11.5 Å². The third-order valence-electron chi connectivity index (χ3n) is 0.450. The summed E-state index contributed by atoms with van der Waals surface area (Å²) in [5, 5.41) is 0. The first-order valence-electron chi connectivity index (χ1n) is 2.61. The smallest absolute Gasteiger partial charge is 0.243 e. The van der Waals surface area contributed by atoms with E-state index in [2.05, 4.69) is 0 Å². The van der Waals surface area contributed by atoms with Gasteiger partial charge in [-0.05, 0) is 20.8 Å². The predicted molar refractivity (Wildman–Crippen MR) is 34.8 cm³/mol. The molecule has 0 amide bonds. The Morgan fingerprint density at radius 3 is 1.88 bits per heavy atom. The second kappa shape index (κ2) is 2.20. The molecule has 3 heteroatoms. The SMILES string of the molecule is BC(=O)OC(C)(C)C. The molecule has 2 nitrogen and oxygen atoms in total. The fourth-order valence-electron chi connectivity index (χ4n) is 0.431. The van der Waals surface area contributed by atoms with Crippen molar-refractivity contribution in [3.63, 3.8) is 0 Å². The highest BCUT2D eigenvalue weighted by molar-refractivity contribution is 6.55. The molecule has 0 heterocycles. The second-order valence-corrected chi connectivity index (χ2v) is 2.71. The van der Waals surface area contributed by atoms with Crippen molar-refractivity contribution < 1.29 is 9.53 Å². The Kier molecular flexibility index (Phi) is 2.07. The largest absolute Gasteiger partial charge is 0.468 e. The van der Waals surface area contributed by atoms with Crippen LogP contribution in [0.5, 0.6) is 0 Å². The average molecular weight is 114 g/mol. The van der Waals surface area contributed by atoms with E-state index in [0.717, 1.165) is 0 Å². The van der Waals surface area contributed by atoms with Crippen molar-refractivity contribution in [1.29, 1.82) is 0 Å². The van der Waals surface area contributed by atoms with Crippen molar-refractivity contribution in [2.45, 2.75) is 26.4 Å². The fraction of sp³-hybridized carbons (Fsp3) is 0.800. The van der Waals surface area contributed by atoms with Gasteiger partial charge in [0.2, 0.25) is 13.7 Å². The maximum Gasteiger partial charge on any atom is 0.243 e. The zero-order chi connectivity index (χ0) is 6.78. The summed E-state index contributed by atoms with van der Waals surface area (Å²) in [6, 6.07) is 0. The maximum atomic E-state index is 10.2. The van der Waals surface area contributed by atoms with Gasteiger partial charge in [0, 0.05) is 0 Å². The van der Waals surface area contributed by atoms with Crippen molar-refractivity contribution in [3.8, 4) is 0 Å². The van der Waals surface area contributed by atoms with Crippen LogP contribution in [0.2, 0.25) is 0 Å². The molecule has 0 aromatic rings. The van der Waals surface area contributed by atoms with Crippen LogP contribution in [0.15, 0.2) is 0 Å². The minimum atomic E-state index is -0.328. The summed E-state index contributed by atoms with van der Waals surface area (Å²) >= 11 is 0. The van der Waals surface area contributed by atoms with Crippen LogP contribution in [0.3, 0.4) is 0 Å². The Bertz CT molecular complexity index is 93.1. The first-order valence-corrected chi connectivity index (χ1v) is 2.61. The number of hydrogen-bond acceptors (Lipinski definition) is 2. The van der Waals surface area contributed by atoms with Crippen LogP contribution in [-0.2, 0) is 4.74 Å². The number of carbonyl (C=O) groups excluding carboxylic acids is 1. The number of carbonyl (C=O) groups is 1. The van der Waals surface area contributed by atoms with Gasteiger partial charge in [-0.2, -0.15) is 0 Å². The molecule has 0 aliphatic carbocycles. The molecule has 0 rings (SSSR count). The van der Waals surface area contributed by atoms with Crippen molar-refractivity contribution >= 4 is 13.7 Å². The summed E-state index contributed by atoms with van der Waals surface area (Å²) in [6.07, 6.45) is 0. The molecule has 0 fully saturated rings. The molecule has 0 unspecified atom stereocenters. The van der Waals surface area contributed by atoms with E-state index in [1.54, 1.807) is 0 Å². The van der Waals surface area contributed by atoms with Gasteiger partial charge in [-0.1, -0.05) is 0 Å². The van der Waals surface area contributed by atoms with Crippen LogP contribution in [0.1, 0.15) is 20.8 Å². The Hall–Kier alpha value is -0.465. The molecule has 8 heavy (non-hydrogen) atoms. The predicted octanol–water partition coefficient (Wildman–Crippen LogP) is 0.555. The Labute approximate surface area is 50.6 Å². The van der Waals surface area contributed by atoms with Crippen LogP contribution in [0.25, 0.3) is 0 Å².